The number of hydrogen-bond donors (Lipinski definition) is 3. The van der Waals surface area contributed by atoms with Gasteiger partial charge in [0.15, 0.2) is 5.60 Å². The van der Waals surface area contributed by atoms with Crippen LogP contribution >= 0.6 is 0 Å². The molecule has 0 spiro atoms. The van der Waals surface area contributed by atoms with Crippen LogP contribution in [0.2, 0.25) is 0 Å². The predicted octanol–water partition coefficient (Wildman–Crippen LogP) is 0.0589. The Balaban J connectivity index is 2.51. The van der Waals surface area contributed by atoms with E-state index in [1.807, 2.05) is 4.90 Å². The van der Waals surface area contributed by atoms with Gasteiger partial charge in [-0.15, -0.1) is 0 Å². The van der Waals surface area contributed by atoms with Crippen LogP contribution in [-0.2, 0) is 4.79 Å². The van der Waals surface area contributed by atoms with Crippen LogP contribution in [0.3, 0.4) is 0 Å². The molecule has 1 rings (SSSR count). The van der Waals surface area contributed by atoms with E-state index in [0.29, 0.717) is 19.0 Å². The van der Waals surface area contributed by atoms with Crippen molar-refractivity contribution in [3.8, 4) is 0 Å². The monoisotopic (exact) mass is 231 g/mol. The Kier molecular flexibility index (Phi) is 4.70. The lowest BCUT2D eigenvalue weighted by atomic mass is 9.90. The molecule has 1 fully saturated rings. The van der Waals surface area contributed by atoms with Gasteiger partial charge in [0.25, 0.3) is 0 Å². The Hall–Kier alpha value is -0.650. The van der Waals surface area contributed by atoms with Crippen LogP contribution in [0.15, 0.2) is 0 Å². The van der Waals surface area contributed by atoms with E-state index in [4.69, 9.17) is 10.2 Å². The molecule has 1 aliphatic carbocycles. The summed E-state index contributed by atoms with van der Waals surface area (Å²) in [5.41, 5.74) is -1.70. The quantitative estimate of drug-likeness (QED) is 0.577. The summed E-state index contributed by atoms with van der Waals surface area (Å²) in [5.74, 6) is -1.19. The number of aliphatic hydroxyl groups excluding tert-OH is 1. The van der Waals surface area contributed by atoms with Crippen LogP contribution in [0, 0.1) is 0 Å². The van der Waals surface area contributed by atoms with Crippen LogP contribution in [0.1, 0.15) is 32.6 Å². The van der Waals surface area contributed by atoms with Crippen LogP contribution in [0.25, 0.3) is 0 Å². The van der Waals surface area contributed by atoms with Gasteiger partial charge in [-0.25, -0.2) is 4.79 Å². The Morgan fingerprint density at radius 2 is 2.12 bits per heavy atom. The third-order valence-electron chi connectivity index (χ3n) is 3.17. The summed E-state index contributed by atoms with van der Waals surface area (Å²) in [6.45, 7) is 2.19. The Morgan fingerprint density at radius 1 is 1.50 bits per heavy atom. The molecule has 1 atom stereocenters. The lowest BCUT2D eigenvalue weighted by Gasteiger charge is -2.40. The van der Waals surface area contributed by atoms with Crippen LogP contribution in [-0.4, -0.2) is 57.5 Å². The van der Waals surface area contributed by atoms with Gasteiger partial charge in [0.1, 0.15) is 0 Å². The molecule has 0 aromatic carbocycles. The third-order valence-corrected chi connectivity index (χ3v) is 3.17. The number of carboxylic acid groups (broad SMARTS) is 1. The maximum absolute atomic E-state index is 10.8. The van der Waals surface area contributed by atoms with Gasteiger partial charge in [-0.3, -0.25) is 4.90 Å². The second-order valence-corrected chi connectivity index (χ2v) is 4.71. The first-order chi connectivity index (χ1) is 7.47. The number of aliphatic hydroxyl groups is 2. The van der Waals surface area contributed by atoms with E-state index in [-0.39, 0.29) is 13.2 Å². The molecule has 1 aliphatic rings. The molecular weight excluding hydrogens is 210 g/mol. The third kappa shape index (κ3) is 3.43. The van der Waals surface area contributed by atoms with Gasteiger partial charge in [0.05, 0.1) is 0 Å². The van der Waals surface area contributed by atoms with Crippen molar-refractivity contribution in [2.45, 2.75) is 44.2 Å². The Bertz CT molecular complexity index is 238. The normalized spacial score (nSPS) is 20.5. The molecule has 0 aromatic rings. The Morgan fingerprint density at radius 3 is 2.50 bits per heavy atom. The molecule has 3 N–H and O–H groups in total. The molecule has 0 heterocycles. The first kappa shape index (κ1) is 13.4. The number of aliphatic carboxylic acids is 1. The van der Waals surface area contributed by atoms with Gasteiger partial charge in [-0.2, -0.15) is 0 Å². The minimum absolute atomic E-state index is 0.0957. The van der Waals surface area contributed by atoms with E-state index >= 15 is 0 Å². The number of rotatable bonds is 7. The molecule has 0 aliphatic heterocycles. The highest BCUT2D eigenvalue weighted by atomic mass is 16.4. The van der Waals surface area contributed by atoms with Gasteiger partial charge in [0.2, 0.25) is 0 Å². The smallest absolute Gasteiger partial charge is 0.336 e. The molecule has 94 valence electrons. The predicted molar refractivity (Wildman–Crippen MR) is 59.2 cm³/mol. The molecular formula is C11H21NO4. The van der Waals surface area contributed by atoms with Crippen molar-refractivity contribution in [3.05, 3.63) is 0 Å². The standard InChI is InChI=1S/C11H21NO4/c1-11(16,10(14)15)8-12(6-3-7-13)9-4-2-5-9/h9,13,16H,2-8H2,1H3,(H,14,15). The average molecular weight is 231 g/mol. The fraction of sp³-hybridized carbons (Fsp3) is 0.909. The zero-order chi connectivity index (χ0) is 12.2. The Labute approximate surface area is 95.7 Å². The summed E-state index contributed by atoms with van der Waals surface area (Å²) in [6.07, 6.45) is 3.89. The lowest BCUT2D eigenvalue weighted by molar-refractivity contribution is -0.159. The minimum Gasteiger partial charge on any atom is -0.479 e. The van der Waals surface area contributed by atoms with Crippen molar-refractivity contribution in [1.82, 2.24) is 4.90 Å². The molecule has 16 heavy (non-hydrogen) atoms. The van der Waals surface area contributed by atoms with Gasteiger partial charge >= 0.3 is 5.97 Å². The lowest BCUT2D eigenvalue weighted by Crippen LogP contribution is -2.52. The highest BCUT2D eigenvalue weighted by Gasteiger charge is 2.35. The largest absolute Gasteiger partial charge is 0.479 e. The molecule has 0 amide bonds. The van der Waals surface area contributed by atoms with Crippen molar-refractivity contribution < 1.29 is 20.1 Å². The molecule has 0 bridgehead atoms. The summed E-state index contributed by atoms with van der Waals surface area (Å²) >= 11 is 0. The van der Waals surface area contributed by atoms with Gasteiger partial charge in [-0.1, -0.05) is 6.42 Å². The second kappa shape index (κ2) is 5.61. The fourth-order valence-electron chi connectivity index (χ4n) is 1.88. The van der Waals surface area contributed by atoms with E-state index in [1.165, 1.54) is 6.92 Å². The van der Waals surface area contributed by atoms with Crippen LogP contribution < -0.4 is 0 Å². The number of hydrogen-bond acceptors (Lipinski definition) is 4. The van der Waals surface area contributed by atoms with E-state index in [2.05, 4.69) is 0 Å². The number of nitrogens with zero attached hydrogens (tertiary/aromatic N) is 1. The number of carbonyl (C=O) groups is 1. The molecule has 0 aromatic heterocycles. The topological polar surface area (TPSA) is 81.0 Å². The van der Waals surface area contributed by atoms with E-state index < -0.39 is 11.6 Å². The zero-order valence-corrected chi connectivity index (χ0v) is 9.72. The van der Waals surface area contributed by atoms with Crippen LogP contribution in [0.4, 0.5) is 0 Å². The van der Waals surface area contributed by atoms with Gasteiger partial charge in [0, 0.05) is 25.7 Å². The highest BCUT2D eigenvalue weighted by molar-refractivity contribution is 5.76. The summed E-state index contributed by atoms with van der Waals surface area (Å²) in [4.78, 5) is 12.8. The minimum atomic E-state index is -1.70. The van der Waals surface area contributed by atoms with Gasteiger partial charge in [-0.05, 0) is 26.2 Å². The maximum atomic E-state index is 10.8. The fourth-order valence-corrected chi connectivity index (χ4v) is 1.88. The second-order valence-electron chi connectivity index (χ2n) is 4.71. The SMILES string of the molecule is CC(O)(CN(CCCO)C1CCC1)C(=O)O. The summed E-state index contributed by atoms with van der Waals surface area (Å²) in [7, 11) is 0. The van der Waals surface area contributed by atoms with Crippen molar-refractivity contribution in [2.24, 2.45) is 0 Å². The zero-order valence-electron chi connectivity index (χ0n) is 9.72. The molecule has 1 unspecified atom stereocenters. The molecule has 0 radical (unpaired) electrons. The summed E-state index contributed by atoms with van der Waals surface area (Å²) < 4.78 is 0. The molecule has 5 nitrogen and oxygen atoms in total. The van der Waals surface area contributed by atoms with Crippen molar-refractivity contribution in [3.63, 3.8) is 0 Å². The average Bonchev–Trinajstić information content (AvgIpc) is 2.10. The maximum Gasteiger partial charge on any atom is 0.336 e. The number of carboxylic acids is 1. The van der Waals surface area contributed by atoms with E-state index in [0.717, 1.165) is 19.3 Å². The highest BCUT2D eigenvalue weighted by Crippen LogP contribution is 2.26. The van der Waals surface area contributed by atoms with Crippen molar-refractivity contribution in [1.29, 1.82) is 0 Å². The van der Waals surface area contributed by atoms with Crippen molar-refractivity contribution >= 4 is 5.97 Å². The van der Waals surface area contributed by atoms with Crippen molar-refractivity contribution in [2.75, 3.05) is 19.7 Å². The molecule has 5 heteroatoms. The summed E-state index contributed by atoms with van der Waals surface area (Å²) in [6, 6.07) is 0.373. The first-order valence-electron chi connectivity index (χ1n) is 5.78. The molecule has 0 saturated heterocycles. The summed E-state index contributed by atoms with van der Waals surface area (Å²) in [5, 5.41) is 27.4. The molecule has 1 saturated carbocycles. The van der Waals surface area contributed by atoms with Crippen LogP contribution in [0.5, 0.6) is 0 Å². The van der Waals surface area contributed by atoms with E-state index in [1.54, 1.807) is 0 Å². The van der Waals surface area contributed by atoms with E-state index in [9.17, 15) is 9.90 Å². The first-order valence-corrected chi connectivity index (χ1v) is 5.78. The van der Waals surface area contributed by atoms with Gasteiger partial charge < -0.3 is 15.3 Å².